The smallest absolute Gasteiger partial charge is 0.240 e. The topological polar surface area (TPSA) is 134 Å². The minimum absolute atomic E-state index is 0.0443. The zero-order valence-corrected chi connectivity index (χ0v) is 13.5. The van der Waals surface area contributed by atoms with Crippen molar-refractivity contribution in [2.45, 2.75) is 30.2 Å². The van der Waals surface area contributed by atoms with Crippen molar-refractivity contribution in [3.05, 3.63) is 36.0 Å². The van der Waals surface area contributed by atoms with Gasteiger partial charge in [-0.2, -0.15) is 10.2 Å². The summed E-state index contributed by atoms with van der Waals surface area (Å²) in [7, 11) is -3.49. The van der Waals surface area contributed by atoms with Crippen LogP contribution in [0, 0.1) is 11.3 Å². The highest BCUT2D eigenvalue weighted by molar-refractivity contribution is 7.89. The average molecular weight is 344 g/mol. The second-order valence-electron chi connectivity index (χ2n) is 5.50. The molecule has 1 heterocycles. The molecule has 0 atom stereocenters. The molecule has 0 unspecified atom stereocenters. The summed E-state index contributed by atoms with van der Waals surface area (Å²) in [5.41, 5.74) is 6.44. The van der Waals surface area contributed by atoms with Crippen LogP contribution in [0.3, 0.4) is 0 Å². The van der Waals surface area contributed by atoms with Crippen molar-refractivity contribution in [3.63, 3.8) is 0 Å². The Balaban J connectivity index is 1.72. The number of anilines is 3. The number of hydrogen-bond acceptors (Lipinski definition) is 7. The Bertz CT molecular complexity index is 885. The maximum absolute atomic E-state index is 12.2. The van der Waals surface area contributed by atoms with Crippen molar-refractivity contribution in [1.29, 1.82) is 5.26 Å². The summed E-state index contributed by atoms with van der Waals surface area (Å²) >= 11 is 0. The fraction of sp³-hybridized carbons (Fsp3) is 0.267. The molecule has 1 aromatic carbocycles. The molecule has 1 fully saturated rings. The average Bonchev–Trinajstić information content (AvgIpc) is 2.52. The highest BCUT2D eigenvalue weighted by atomic mass is 32.2. The SMILES string of the molecule is N#Cc1cnc(Nc2ccc(S(=O)(=O)NC3CCC3)cc2)nc1N. The number of nitrogens with zero attached hydrogens (tertiary/aromatic N) is 3. The second kappa shape index (κ2) is 6.43. The molecular weight excluding hydrogens is 328 g/mol. The van der Waals surface area contributed by atoms with Gasteiger partial charge < -0.3 is 11.1 Å². The van der Waals surface area contributed by atoms with Gasteiger partial charge in [-0.05, 0) is 37.1 Å². The Hall–Kier alpha value is -2.70. The molecule has 3 rings (SSSR count). The van der Waals surface area contributed by atoms with E-state index < -0.39 is 10.0 Å². The van der Waals surface area contributed by atoms with E-state index >= 15 is 0 Å². The van der Waals surface area contributed by atoms with Crippen molar-refractivity contribution in [2.24, 2.45) is 0 Å². The molecule has 9 heteroatoms. The molecular formula is C15H16N6O2S. The van der Waals surface area contributed by atoms with Crippen LogP contribution >= 0.6 is 0 Å². The van der Waals surface area contributed by atoms with Crippen molar-refractivity contribution in [2.75, 3.05) is 11.1 Å². The third-order valence-corrected chi connectivity index (χ3v) is 5.32. The van der Waals surface area contributed by atoms with Crippen molar-refractivity contribution in [3.8, 4) is 6.07 Å². The summed E-state index contributed by atoms with van der Waals surface area (Å²) in [6.07, 6.45) is 4.16. The van der Waals surface area contributed by atoms with E-state index in [1.807, 2.05) is 6.07 Å². The number of hydrogen-bond donors (Lipinski definition) is 3. The lowest BCUT2D eigenvalue weighted by Gasteiger charge is -2.26. The Morgan fingerprint density at radius 1 is 1.25 bits per heavy atom. The highest BCUT2D eigenvalue weighted by Gasteiger charge is 2.24. The molecule has 2 aromatic rings. The maximum Gasteiger partial charge on any atom is 0.240 e. The summed E-state index contributed by atoms with van der Waals surface area (Å²) in [6.45, 7) is 0. The van der Waals surface area contributed by atoms with Crippen molar-refractivity contribution in [1.82, 2.24) is 14.7 Å². The molecule has 0 bridgehead atoms. The molecule has 4 N–H and O–H groups in total. The molecule has 0 spiro atoms. The number of nitrogens with two attached hydrogens (primary N) is 1. The number of rotatable bonds is 5. The number of sulfonamides is 1. The number of aromatic nitrogens is 2. The number of nitrogen functional groups attached to an aromatic ring is 1. The van der Waals surface area contributed by atoms with Gasteiger partial charge >= 0.3 is 0 Å². The Morgan fingerprint density at radius 3 is 2.50 bits per heavy atom. The van der Waals surface area contributed by atoms with E-state index in [-0.39, 0.29) is 28.3 Å². The molecule has 0 amide bonds. The van der Waals surface area contributed by atoms with Crippen LogP contribution in [0.1, 0.15) is 24.8 Å². The van der Waals surface area contributed by atoms with Crippen LogP contribution < -0.4 is 15.8 Å². The molecule has 0 saturated heterocycles. The van der Waals surface area contributed by atoms with Gasteiger partial charge in [0.2, 0.25) is 16.0 Å². The molecule has 1 aromatic heterocycles. The van der Waals surface area contributed by atoms with Crippen LogP contribution in [-0.4, -0.2) is 24.4 Å². The number of benzene rings is 1. The summed E-state index contributed by atoms with van der Waals surface area (Å²) < 4.78 is 27.1. The normalized spacial score (nSPS) is 14.6. The lowest BCUT2D eigenvalue weighted by molar-refractivity contribution is 0.383. The summed E-state index contributed by atoms with van der Waals surface area (Å²) in [4.78, 5) is 8.16. The fourth-order valence-electron chi connectivity index (χ4n) is 2.20. The van der Waals surface area contributed by atoms with Crippen LogP contribution in [-0.2, 0) is 10.0 Å². The first kappa shape index (κ1) is 16.2. The summed E-state index contributed by atoms with van der Waals surface area (Å²) in [5, 5.41) is 11.7. The lowest BCUT2D eigenvalue weighted by Crippen LogP contribution is -2.39. The van der Waals surface area contributed by atoms with Crippen LogP contribution in [0.15, 0.2) is 35.4 Å². The third-order valence-electron chi connectivity index (χ3n) is 3.79. The minimum atomic E-state index is -3.49. The van der Waals surface area contributed by atoms with Gasteiger partial charge in [-0.1, -0.05) is 6.42 Å². The quantitative estimate of drug-likeness (QED) is 0.748. The van der Waals surface area contributed by atoms with E-state index in [4.69, 9.17) is 11.0 Å². The van der Waals surface area contributed by atoms with Gasteiger partial charge in [-0.15, -0.1) is 0 Å². The van der Waals surface area contributed by atoms with Crippen molar-refractivity contribution >= 4 is 27.5 Å². The van der Waals surface area contributed by atoms with E-state index in [1.165, 1.54) is 18.3 Å². The van der Waals surface area contributed by atoms with E-state index in [2.05, 4.69) is 20.0 Å². The maximum atomic E-state index is 12.2. The van der Waals surface area contributed by atoms with Crippen LogP contribution in [0.2, 0.25) is 0 Å². The van der Waals surface area contributed by atoms with Gasteiger partial charge in [0.25, 0.3) is 0 Å². The largest absolute Gasteiger partial charge is 0.382 e. The molecule has 1 aliphatic carbocycles. The first-order chi connectivity index (χ1) is 11.5. The minimum Gasteiger partial charge on any atom is -0.382 e. The number of nitrogens with one attached hydrogen (secondary N) is 2. The first-order valence-corrected chi connectivity index (χ1v) is 8.88. The number of nitriles is 1. The van der Waals surface area contributed by atoms with Gasteiger partial charge in [-0.25, -0.2) is 18.1 Å². The Labute approximate surface area is 139 Å². The molecule has 0 radical (unpaired) electrons. The van der Waals surface area contributed by atoms with Gasteiger partial charge in [0.05, 0.1) is 11.1 Å². The molecule has 24 heavy (non-hydrogen) atoms. The first-order valence-electron chi connectivity index (χ1n) is 7.40. The second-order valence-corrected chi connectivity index (χ2v) is 7.22. The Morgan fingerprint density at radius 2 is 1.96 bits per heavy atom. The monoisotopic (exact) mass is 344 g/mol. The molecule has 1 saturated carbocycles. The van der Waals surface area contributed by atoms with Crippen LogP contribution in [0.25, 0.3) is 0 Å². The zero-order valence-electron chi connectivity index (χ0n) is 12.7. The lowest BCUT2D eigenvalue weighted by atomic mass is 9.94. The van der Waals surface area contributed by atoms with E-state index in [1.54, 1.807) is 12.1 Å². The predicted octanol–water partition coefficient (Wildman–Crippen LogP) is 1.50. The summed E-state index contributed by atoms with van der Waals surface area (Å²) in [6, 6.07) is 8.19. The van der Waals surface area contributed by atoms with Crippen LogP contribution in [0.4, 0.5) is 17.5 Å². The standard InChI is InChI=1S/C15H16N6O2S/c16-8-10-9-18-15(20-14(10)17)19-11-4-6-13(7-5-11)24(22,23)21-12-2-1-3-12/h4-7,9,12,21H,1-3H2,(H3,17,18,19,20). The van der Waals surface area contributed by atoms with Crippen molar-refractivity contribution < 1.29 is 8.42 Å². The Kier molecular flexibility index (Phi) is 4.33. The van der Waals surface area contributed by atoms with Gasteiger partial charge in [0.15, 0.2) is 0 Å². The molecule has 0 aliphatic heterocycles. The van der Waals surface area contributed by atoms with E-state index in [0.29, 0.717) is 5.69 Å². The fourth-order valence-corrected chi connectivity index (χ4v) is 3.51. The van der Waals surface area contributed by atoms with Gasteiger partial charge in [0, 0.05) is 11.7 Å². The van der Waals surface area contributed by atoms with E-state index in [0.717, 1.165) is 19.3 Å². The zero-order chi connectivity index (χ0) is 17.2. The van der Waals surface area contributed by atoms with Crippen LogP contribution in [0.5, 0.6) is 0 Å². The third kappa shape index (κ3) is 3.45. The summed E-state index contributed by atoms with van der Waals surface area (Å²) in [5.74, 6) is 0.314. The molecule has 1 aliphatic rings. The van der Waals surface area contributed by atoms with E-state index in [9.17, 15) is 8.42 Å². The van der Waals surface area contributed by atoms with Gasteiger partial charge in [-0.3, -0.25) is 0 Å². The van der Waals surface area contributed by atoms with Gasteiger partial charge in [0.1, 0.15) is 17.5 Å². The highest BCUT2D eigenvalue weighted by Crippen LogP contribution is 2.22. The predicted molar refractivity (Wildman–Crippen MR) is 88.8 cm³/mol. The molecule has 8 nitrogen and oxygen atoms in total. The molecule has 124 valence electrons.